The zero-order valence-corrected chi connectivity index (χ0v) is 11.3. The summed E-state index contributed by atoms with van der Waals surface area (Å²) in [6, 6.07) is 8.68. The first-order valence-electron chi connectivity index (χ1n) is 6.61. The second-order valence-electron chi connectivity index (χ2n) is 5.54. The third-order valence-corrected chi connectivity index (χ3v) is 4.01. The summed E-state index contributed by atoms with van der Waals surface area (Å²) in [6.45, 7) is 6.37. The minimum Gasteiger partial charge on any atom is -0.369 e. The Bertz CT molecular complexity index is 444. The Morgan fingerprint density at radius 3 is 2.61 bits per heavy atom. The molecule has 0 saturated carbocycles. The molecule has 1 heterocycles. The molecule has 0 aromatic heterocycles. The Morgan fingerprint density at radius 1 is 1.33 bits per heavy atom. The highest BCUT2D eigenvalue weighted by atomic mass is 16.1. The minimum absolute atomic E-state index is 0.0439. The molecule has 1 amide bonds. The zero-order chi connectivity index (χ0) is 13.3. The van der Waals surface area contributed by atoms with Crippen molar-refractivity contribution >= 4 is 5.91 Å². The topological polar surface area (TPSA) is 55.1 Å². The summed E-state index contributed by atoms with van der Waals surface area (Å²) in [6.07, 6.45) is 0.996. The SMILES string of the molecule is Cc1ccccc1C1NC(C)CC(C)C1C(N)=O. The molecule has 18 heavy (non-hydrogen) atoms. The molecule has 0 spiro atoms. The van der Waals surface area contributed by atoms with Crippen molar-refractivity contribution in [2.75, 3.05) is 0 Å². The number of carbonyl (C=O) groups excluding carboxylic acids is 1. The van der Waals surface area contributed by atoms with Gasteiger partial charge < -0.3 is 11.1 Å². The molecule has 3 nitrogen and oxygen atoms in total. The van der Waals surface area contributed by atoms with Gasteiger partial charge in [-0.15, -0.1) is 0 Å². The molecular weight excluding hydrogens is 224 g/mol. The highest BCUT2D eigenvalue weighted by Crippen LogP contribution is 2.36. The van der Waals surface area contributed by atoms with E-state index in [9.17, 15) is 4.79 Å². The van der Waals surface area contributed by atoms with E-state index in [0.717, 1.165) is 6.42 Å². The summed E-state index contributed by atoms with van der Waals surface area (Å²) in [7, 11) is 0. The van der Waals surface area contributed by atoms with Gasteiger partial charge in [0.25, 0.3) is 0 Å². The lowest BCUT2D eigenvalue weighted by molar-refractivity contribution is -0.125. The fraction of sp³-hybridized carbons (Fsp3) is 0.533. The van der Waals surface area contributed by atoms with Gasteiger partial charge in [-0.2, -0.15) is 0 Å². The molecule has 1 saturated heterocycles. The van der Waals surface area contributed by atoms with Gasteiger partial charge in [0.15, 0.2) is 0 Å². The highest BCUT2D eigenvalue weighted by Gasteiger charge is 2.38. The van der Waals surface area contributed by atoms with E-state index in [4.69, 9.17) is 5.73 Å². The lowest BCUT2D eigenvalue weighted by Gasteiger charge is -2.39. The summed E-state index contributed by atoms with van der Waals surface area (Å²) in [5, 5.41) is 3.53. The van der Waals surface area contributed by atoms with E-state index in [0.29, 0.717) is 12.0 Å². The Morgan fingerprint density at radius 2 is 2.00 bits per heavy atom. The number of nitrogens with two attached hydrogens (primary N) is 1. The lowest BCUT2D eigenvalue weighted by atomic mass is 9.75. The Balaban J connectivity index is 2.38. The fourth-order valence-corrected chi connectivity index (χ4v) is 3.17. The van der Waals surface area contributed by atoms with Gasteiger partial charge in [0.2, 0.25) is 5.91 Å². The van der Waals surface area contributed by atoms with Crippen LogP contribution >= 0.6 is 0 Å². The molecule has 1 aromatic carbocycles. The Hall–Kier alpha value is -1.35. The average molecular weight is 246 g/mol. The molecule has 98 valence electrons. The number of carbonyl (C=O) groups is 1. The molecule has 0 bridgehead atoms. The van der Waals surface area contributed by atoms with Crippen LogP contribution in [0.2, 0.25) is 0 Å². The van der Waals surface area contributed by atoms with Gasteiger partial charge in [0.05, 0.1) is 5.92 Å². The van der Waals surface area contributed by atoms with Crippen molar-refractivity contribution in [2.24, 2.45) is 17.6 Å². The zero-order valence-electron chi connectivity index (χ0n) is 11.3. The molecule has 3 N–H and O–H groups in total. The minimum atomic E-state index is -0.199. The van der Waals surface area contributed by atoms with E-state index in [-0.39, 0.29) is 17.9 Å². The summed E-state index contributed by atoms with van der Waals surface area (Å²) in [4.78, 5) is 11.7. The number of rotatable bonds is 2. The lowest BCUT2D eigenvalue weighted by Crippen LogP contribution is -2.49. The van der Waals surface area contributed by atoms with E-state index in [1.165, 1.54) is 11.1 Å². The number of aryl methyl sites for hydroxylation is 1. The number of benzene rings is 1. The van der Waals surface area contributed by atoms with Crippen molar-refractivity contribution in [2.45, 2.75) is 39.3 Å². The summed E-state index contributed by atoms with van der Waals surface area (Å²) in [5.41, 5.74) is 8.01. The molecule has 0 radical (unpaired) electrons. The van der Waals surface area contributed by atoms with Gasteiger partial charge in [-0.25, -0.2) is 0 Å². The maximum absolute atomic E-state index is 11.7. The van der Waals surface area contributed by atoms with Crippen molar-refractivity contribution in [3.63, 3.8) is 0 Å². The predicted molar refractivity (Wildman–Crippen MR) is 73.0 cm³/mol. The molecule has 1 aliphatic heterocycles. The molecule has 4 unspecified atom stereocenters. The normalized spacial score (nSPS) is 32.2. The van der Waals surface area contributed by atoms with Gasteiger partial charge in [0.1, 0.15) is 0 Å². The average Bonchev–Trinajstić information content (AvgIpc) is 2.27. The highest BCUT2D eigenvalue weighted by molar-refractivity contribution is 5.78. The van der Waals surface area contributed by atoms with E-state index in [1.54, 1.807) is 0 Å². The van der Waals surface area contributed by atoms with Crippen LogP contribution in [0.5, 0.6) is 0 Å². The number of primary amides is 1. The van der Waals surface area contributed by atoms with Gasteiger partial charge in [-0.05, 0) is 37.3 Å². The summed E-state index contributed by atoms with van der Waals surface area (Å²) >= 11 is 0. The molecule has 4 atom stereocenters. The standard InChI is InChI=1S/C15H22N2O/c1-9-6-4-5-7-12(9)14-13(15(16)18)10(2)8-11(3)17-14/h4-7,10-11,13-14,17H,8H2,1-3H3,(H2,16,18). The van der Waals surface area contributed by atoms with Crippen LogP contribution in [0, 0.1) is 18.8 Å². The van der Waals surface area contributed by atoms with Crippen molar-refractivity contribution < 1.29 is 4.79 Å². The number of amides is 1. The van der Waals surface area contributed by atoms with Crippen LogP contribution in [0.4, 0.5) is 0 Å². The van der Waals surface area contributed by atoms with Crippen LogP contribution in [0.3, 0.4) is 0 Å². The quantitative estimate of drug-likeness (QED) is 0.840. The van der Waals surface area contributed by atoms with Crippen LogP contribution in [0.25, 0.3) is 0 Å². The van der Waals surface area contributed by atoms with Crippen molar-refractivity contribution in [1.29, 1.82) is 0 Å². The molecular formula is C15H22N2O. The molecule has 2 rings (SSSR count). The maximum Gasteiger partial charge on any atom is 0.222 e. The number of nitrogens with one attached hydrogen (secondary N) is 1. The fourth-order valence-electron chi connectivity index (χ4n) is 3.17. The summed E-state index contributed by atoms with van der Waals surface area (Å²) in [5.74, 6) is 0.000749. The molecule has 0 aliphatic carbocycles. The molecule has 1 fully saturated rings. The van der Waals surface area contributed by atoms with Gasteiger partial charge in [-0.3, -0.25) is 4.79 Å². The second kappa shape index (κ2) is 5.11. The molecule has 1 aromatic rings. The van der Waals surface area contributed by atoms with E-state index in [2.05, 4.69) is 38.2 Å². The first kappa shape index (κ1) is 13.1. The van der Waals surface area contributed by atoms with Crippen LogP contribution in [0.1, 0.15) is 37.4 Å². The van der Waals surface area contributed by atoms with Gasteiger partial charge in [0, 0.05) is 12.1 Å². The third kappa shape index (κ3) is 2.41. The van der Waals surface area contributed by atoms with Crippen LogP contribution in [0.15, 0.2) is 24.3 Å². The van der Waals surface area contributed by atoms with E-state index >= 15 is 0 Å². The number of hydrogen-bond donors (Lipinski definition) is 2. The largest absolute Gasteiger partial charge is 0.369 e. The Kier molecular flexibility index (Phi) is 3.71. The van der Waals surface area contributed by atoms with Gasteiger partial charge in [-0.1, -0.05) is 31.2 Å². The van der Waals surface area contributed by atoms with E-state index in [1.807, 2.05) is 12.1 Å². The van der Waals surface area contributed by atoms with Crippen molar-refractivity contribution in [3.05, 3.63) is 35.4 Å². The maximum atomic E-state index is 11.7. The summed E-state index contributed by atoms with van der Waals surface area (Å²) < 4.78 is 0. The van der Waals surface area contributed by atoms with Crippen LogP contribution in [-0.4, -0.2) is 11.9 Å². The monoisotopic (exact) mass is 246 g/mol. The number of hydrogen-bond acceptors (Lipinski definition) is 2. The predicted octanol–water partition coefficient (Wildman–Crippen LogP) is 2.16. The second-order valence-corrected chi connectivity index (χ2v) is 5.54. The number of piperidine rings is 1. The first-order chi connectivity index (χ1) is 8.50. The van der Waals surface area contributed by atoms with Crippen molar-refractivity contribution in [3.8, 4) is 0 Å². The molecule has 3 heteroatoms. The molecule has 1 aliphatic rings. The van der Waals surface area contributed by atoms with Gasteiger partial charge >= 0.3 is 0 Å². The smallest absolute Gasteiger partial charge is 0.222 e. The van der Waals surface area contributed by atoms with Crippen LogP contribution in [-0.2, 0) is 4.79 Å². The van der Waals surface area contributed by atoms with E-state index < -0.39 is 0 Å². The van der Waals surface area contributed by atoms with Crippen LogP contribution < -0.4 is 11.1 Å². The van der Waals surface area contributed by atoms with Crippen molar-refractivity contribution in [1.82, 2.24) is 5.32 Å². The Labute approximate surface area is 109 Å². The first-order valence-corrected chi connectivity index (χ1v) is 6.61. The third-order valence-electron chi connectivity index (χ3n) is 4.01.